The third-order valence-corrected chi connectivity index (χ3v) is 8.38. The molecule has 0 amide bonds. The number of imidazole rings is 1. The van der Waals surface area contributed by atoms with E-state index >= 15 is 0 Å². The molecule has 0 bridgehead atoms. The quantitative estimate of drug-likeness (QED) is 0.344. The van der Waals surface area contributed by atoms with Gasteiger partial charge in [-0.25, -0.2) is 15.0 Å². The topological polar surface area (TPSA) is 76.1 Å². The van der Waals surface area contributed by atoms with Gasteiger partial charge in [-0.05, 0) is 80.4 Å². The second kappa shape index (κ2) is 9.59. The summed E-state index contributed by atoms with van der Waals surface area (Å²) in [7, 11) is 2.23. The number of nitrogens with zero attached hydrogens (tertiary/aromatic N) is 6. The van der Waals surface area contributed by atoms with Gasteiger partial charge in [0.25, 0.3) is 0 Å². The number of pyridine rings is 2. The zero-order valence-corrected chi connectivity index (χ0v) is 22.3. The van der Waals surface area contributed by atoms with Crippen molar-refractivity contribution < 1.29 is 0 Å². The zero-order chi connectivity index (χ0) is 26.4. The molecule has 2 N–H and O–H groups in total. The van der Waals surface area contributed by atoms with Gasteiger partial charge in [0.1, 0.15) is 11.3 Å². The Morgan fingerprint density at radius 3 is 2.33 bits per heavy atom. The lowest BCUT2D eigenvalue weighted by Crippen LogP contribution is -2.58. The molecule has 5 aromatic rings. The summed E-state index contributed by atoms with van der Waals surface area (Å²) in [6.45, 7) is 5.86. The van der Waals surface area contributed by atoms with Gasteiger partial charge in [0, 0.05) is 37.1 Å². The van der Waals surface area contributed by atoms with Crippen LogP contribution in [0.5, 0.6) is 0 Å². The molecule has 1 spiro atoms. The third kappa shape index (κ3) is 4.47. The summed E-state index contributed by atoms with van der Waals surface area (Å²) in [5, 5.41) is 0. The summed E-state index contributed by atoms with van der Waals surface area (Å²) < 4.78 is 2.11. The molecular formula is C32H33N7. The first-order valence-electron chi connectivity index (χ1n) is 13.7. The van der Waals surface area contributed by atoms with E-state index in [0.717, 1.165) is 46.0 Å². The molecule has 3 aromatic heterocycles. The Morgan fingerprint density at radius 2 is 1.62 bits per heavy atom. The lowest BCUT2D eigenvalue weighted by atomic mass is 9.72. The van der Waals surface area contributed by atoms with E-state index in [4.69, 9.17) is 15.7 Å². The van der Waals surface area contributed by atoms with E-state index in [2.05, 4.69) is 62.8 Å². The number of fused-ring (bicyclic) bond motifs is 1. The molecule has 39 heavy (non-hydrogen) atoms. The van der Waals surface area contributed by atoms with Crippen LogP contribution in [-0.4, -0.2) is 62.5 Å². The molecule has 7 rings (SSSR count). The second-order valence-electron chi connectivity index (χ2n) is 11.2. The van der Waals surface area contributed by atoms with Crippen molar-refractivity contribution in [3.05, 3.63) is 90.6 Å². The molecule has 0 saturated carbocycles. The monoisotopic (exact) mass is 515 g/mol. The number of aromatic nitrogens is 4. The Morgan fingerprint density at radius 1 is 0.846 bits per heavy atom. The molecule has 0 radical (unpaired) electrons. The van der Waals surface area contributed by atoms with Gasteiger partial charge >= 0.3 is 0 Å². The van der Waals surface area contributed by atoms with Crippen LogP contribution in [0.1, 0.15) is 18.4 Å². The predicted molar refractivity (Wildman–Crippen MR) is 156 cm³/mol. The van der Waals surface area contributed by atoms with Gasteiger partial charge in [-0.2, -0.15) is 0 Å². The van der Waals surface area contributed by atoms with Crippen LogP contribution in [-0.2, 0) is 6.54 Å². The summed E-state index contributed by atoms with van der Waals surface area (Å²) in [5.74, 6) is 1.20. The molecule has 0 unspecified atom stereocenters. The van der Waals surface area contributed by atoms with E-state index in [0.29, 0.717) is 11.2 Å². The van der Waals surface area contributed by atoms with Gasteiger partial charge in [-0.15, -0.1) is 0 Å². The average Bonchev–Trinajstić information content (AvgIpc) is 3.33. The van der Waals surface area contributed by atoms with Crippen LogP contribution in [0.25, 0.3) is 39.5 Å². The van der Waals surface area contributed by atoms with Crippen LogP contribution < -0.4 is 5.73 Å². The number of piperidine rings is 1. The fraction of sp³-hybridized carbons (Fsp3) is 0.281. The van der Waals surface area contributed by atoms with Crippen LogP contribution in [0.3, 0.4) is 0 Å². The van der Waals surface area contributed by atoms with Crippen LogP contribution in [0.2, 0.25) is 0 Å². The van der Waals surface area contributed by atoms with E-state index < -0.39 is 0 Å². The van der Waals surface area contributed by atoms with Gasteiger partial charge in [-0.1, -0.05) is 42.5 Å². The largest absolute Gasteiger partial charge is 0.383 e. The smallest absolute Gasteiger partial charge is 0.165 e. The molecule has 2 aliphatic rings. The number of rotatable bonds is 5. The Bertz CT molecular complexity index is 1610. The molecule has 7 heteroatoms. The van der Waals surface area contributed by atoms with Crippen molar-refractivity contribution in [2.45, 2.75) is 19.4 Å². The number of hydrogen-bond acceptors (Lipinski definition) is 6. The summed E-state index contributed by atoms with van der Waals surface area (Å²) in [5.41, 5.74) is 13.6. The molecule has 2 saturated heterocycles. The van der Waals surface area contributed by atoms with Crippen molar-refractivity contribution in [1.82, 2.24) is 29.3 Å². The SMILES string of the molecule is CN1CC2(CCN(Cc3ccc(-n4c(-c5cccnc5N)nc5ccc(-c6ccccc6)nc54)cc3)CC2)C1. The Balaban J connectivity index is 1.23. The summed E-state index contributed by atoms with van der Waals surface area (Å²) >= 11 is 0. The number of likely N-dealkylation sites (tertiary alicyclic amines) is 2. The minimum absolute atomic E-state index is 0.453. The Hall–Kier alpha value is -4.07. The van der Waals surface area contributed by atoms with E-state index in [1.54, 1.807) is 6.20 Å². The number of nitrogens with two attached hydrogens (primary N) is 1. The third-order valence-electron chi connectivity index (χ3n) is 8.38. The minimum Gasteiger partial charge on any atom is -0.383 e. The van der Waals surface area contributed by atoms with Gasteiger partial charge < -0.3 is 10.6 Å². The van der Waals surface area contributed by atoms with Gasteiger partial charge in [0.15, 0.2) is 11.5 Å². The van der Waals surface area contributed by atoms with Crippen LogP contribution in [0.15, 0.2) is 85.1 Å². The standard InChI is InChI=1S/C32H33N7/c1-37-21-32(22-37)15-18-38(19-16-32)20-23-9-11-25(12-10-23)39-30(26-8-5-17-34-29(26)33)36-28-14-13-27(35-31(28)39)24-6-3-2-4-7-24/h2-14,17H,15-16,18-22H2,1H3,(H2,33,34). The van der Waals surface area contributed by atoms with Crippen LogP contribution in [0.4, 0.5) is 5.82 Å². The highest BCUT2D eigenvalue weighted by molar-refractivity contribution is 5.84. The van der Waals surface area contributed by atoms with Gasteiger partial charge in [-0.3, -0.25) is 9.47 Å². The maximum Gasteiger partial charge on any atom is 0.165 e. The van der Waals surface area contributed by atoms with Crippen molar-refractivity contribution in [3.8, 4) is 28.3 Å². The Labute approximate surface area is 228 Å². The van der Waals surface area contributed by atoms with Gasteiger partial charge in [0.05, 0.1) is 11.3 Å². The fourth-order valence-electron chi connectivity index (χ4n) is 6.37. The van der Waals surface area contributed by atoms with Crippen molar-refractivity contribution in [3.63, 3.8) is 0 Å². The molecule has 2 aromatic carbocycles. The molecule has 7 nitrogen and oxygen atoms in total. The highest BCUT2D eigenvalue weighted by Crippen LogP contribution is 2.39. The highest BCUT2D eigenvalue weighted by Gasteiger charge is 2.42. The lowest BCUT2D eigenvalue weighted by molar-refractivity contribution is -0.0329. The first-order chi connectivity index (χ1) is 19.1. The minimum atomic E-state index is 0.453. The van der Waals surface area contributed by atoms with E-state index in [1.165, 1.54) is 44.6 Å². The van der Waals surface area contributed by atoms with Crippen molar-refractivity contribution in [1.29, 1.82) is 0 Å². The molecular weight excluding hydrogens is 482 g/mol. The zero-order valence-electron chi connectivity index (χ0n) is 22.3. The average molecular weight is 516 g/mol. The van der Waals surface area contributed by atoms with Gasteiger partial charge in [0.2, 0.25) is 0 Å². The summed E-state index contributed by atoms with van der Waals surface area (Å²) in [4.78, 5) is 19.4. The fourth-order valence-corrected chi connectivity index (χ4v) is 6.37. The van der Waals surface area contributed by atoms with Crippen LogP contribution >= 0.6 is 0 Å². The predicted octanol–water partition coefficient (Wildman–Crippen LogP) is 5.26. The number of anilines is 1. The normalized spacial score (nSPS) is 17.5. The number of nitrogen functional groups attached to an aromatic ring is 1. The van der Waals surface area contributed by atoms with E-state index in [9.17, 15) is 0 Å². The molecule has 2 fully saturated rings. The highest BCUT2D eigenvalue weighted by atomic mass is 15.2. The molecule has 0 atom stereocenters. The van der Waals surface area contributed by atoms with E-state index in [1.807, 2.05) is 42.5 Å². The Kier molecular flexibility index (Phi) is 5.90. The van der Waals surface area contributed by atoms with Crippen molar-refractivity contribution in [2.75, 3.05) is 39.0 Å². The first kappa shape index (κ1) is 24.0. The van der Waals surface area contributed by atoms with E-state index in [-0.39, 0.29) is 0 Å². The van der Waals surface area contributed by atoms with Crippen LogP contribution in [0, 0.1) is 5.41 Å². The molecule has 0 aliphatic carbocycles. The van der Waals surface area contributed by atoms with Crippen molar-refractivity contribution in [2.24, 2.45) is 5.41 Å². The second-order valence-corrected chi connectivity index (χ2v) is 11.2. The number of benzene rings is 2. The summed E-state index contributed by atoms with van der Waals surface area (Å²) in [6.07, 6.45) is 4.32. The lowest BCUT2D eigenvalue weighted by Gasteiger charge is -2.53. The molecule has 2 aliphatic heterocycles. The maximum atomic E-state index is 6.32. The molecule has 5 heterocycles. The first-order valence-corrected chi connectivity index (χ1v) is 13.7. The molecule has 196 valence electrons. The number of hydrogen-bond donors (Lipinski definition) is 1. The summed E-state index contributed by atoms with van der Waals surface area (Å²) in [6, 6.07) is 27.0. The maximum absolute atomic E-state index is 6.32. The van der Waals surface area contributed by atoms with Crippen molar-refractivity contribution >= 4 is 17.0 Å².